The maximum absolute atomic E-state index is 10.3. The van der Waals surface area contributed by atoms with E-state index < -0.39 is 0 Å². The summed E-state index contributed by atoms with van der Waals surface area (Å²) < 4.78 is 4.77. The molecule has 4 heteroatoms. The second-order valence-electron chi connectivity index (χ2n) is 1.85. The fourth-order valence-corrected chi connectivity index (χ4v) is 1.22. The van der Waals surface area contributed by atoms with Crippen LogP contribution in [-0.4, -0.2) is 16.9 Å². The smallest absolute Gasteiger partial charge is 0.303 e. The van der Waals surface area contributed by atoms with Crippen LogP contribution in [0.3, 0.4) is 0 Å². The lowest BCUT2D eigenvalue weighted by Crippen LogP contribution is -2.08. The third-order valence-electron chi connectivity index (χ3n) is 0.859. The Balaban J connectivity index is 3.25. The van der Waals surface area contributed by atoms with Crippen molar-refractivity contribution in [2.45, 2.75) is 24.8 Å². The number of carbonyl (C=O) groups is 1. The molecule has 0 radical (unpaired) electrons. The number of hydrogen-bond donors (Lipinski definition) is 0. The molecule has 0 heterocycles. The van der Waals surface area contributed by atoms with Crippen molar-refractivity contribution in [3.05, 3.63) is 0 Å². The molecule has 0 bridgehead atoms. The molecule has 0 aromatic heterocycles. The summed E-state index contributed by atoms with van der Waals surface area (Å²) in [5, 5.41) is -0.177. The van der Waals surface area contributed by atoms with Gasteiger partial charge in [0.2, 0.25) is 0 Å². The Labute approximate surface area is 74.0 Å². The molecule has 0 aromatic rings. The number of ether oxygens (including phenoxy) is 1. The van der Waals surface area contributed by atoms with Gasteiger partial charge in [0.1, 0.15) is 0 Å². The van der Waals surface area contributed by atoms with Crippen LogP contribution in [0.15, 0.2) is 0 Å². The Morgan fingerprint density at radius 1 is 1.80 bits per heavy atom. The second kappa shape index (κ2) is 5.98. The number of alkyl halides is 2. The molecule has 60 valence electrons. The Morgan fingerprint density at radius 2 is 2.40 bits per heavy atom. The summed E-state index contributed by atoms with van der Waals surface area (Å²) in [6, 6.07) is 0. The Hall–Kier alpha value is 0.240. The molecule has 0 N–H and O–H groups in total. The van der Waals surface area contributed by atoms with Gasteiger partial charge in [-0.05, 0) is 28.8 Å². The van der Waals surface area contributed by atoms with E-state index in [1.165, 1.54) is 6.92 Å². The lowest BCUT2D eigenvalue weighted by molar-refractivity contribution is -0.142. The summed E-state index contributed by atoms with van der Waals surface area (Å²) in [5.74, 6) is 0.333. The van der Waals surface area contributed by atoms with Gasteiger partial charge < -0.3 is 4.74 Å². The van der Waals surface area contributed by atoms with Gasteiger partial charge in [0.15, 0.2) is 5.01 Å². The van der Waals surface area contributed by atoms with E-state index in [1.54, 1.807) is 0 Å². The van der Waals surface area contributed by atoms with Crippen molar-refractivity contribution in [1.82, 2.24) is 0 Å². The average Bonchev–Trinajstić information content (AvgIpc) is 1.82. The van der Waals surface area contributed by atoms with Crippen LogP contribution in [0.4, 0.5) is 0 Å². The van der Waals surface area contributed by atoms with Gasteiger partial charge in [-0.1, -0.05) is 0 Å². The van der Waals surface area contributed by atoms with Crippen LogP contribution in [0.2, 0.25) is 0 Å². The third-order valence-corrected chi connectivity index (χ3v) is 1.77. The summed E-state index contributed by atoms with van der Waals surface area (Å²) in [6.07, 6.45) is 1.62. The molecule has 1 unspecified atom stereocenters. The minimum absolute atomic E-state index is 0.177. The van der Waals surface area contributed by atoms with E-state index in [0.29, 0.717) is 5.88 Å². The largest absolute Gasteiger partial charge is 0.451 e. The van der Waals surface area contributed by atoms with Crippen molar-refractivity contribution in [2.75, 3.05) is 5.88 Å². The van der Waals surface area contributed by atoms with Crippen LogP contribution < -0.4 is 0 Å². The predicted octanol–water partition coefficient (Wildman–Crippen LogP) is 2.29. The van der Waals surface area contributed by atoms with Gasteiger partial charge in [0, 0.05) is 12.8 Å². The van der Waals surface area contributed by atoms with E-state index in [-0.39, 0.29) is 11.0 Å². The van der Waals surface area contributed by atoms with Crippen molar-refractivity contribution in [1.29, 1.82) is 0 Å². The molecule has 0 aliphatic carbocycles. The van der Waals surface area contributed by atoms with E-state index >= 15 is 0 Å². The molecule has 0 fully saturated rings. The Morgan fingerprint density at radius 3 is 2.80 bits per heavy atom. The van der Waals surface area contributed by atoms with Crippen LogP contribution in [0, 0.1) is 0 Å². The van der Waals surface area contributed by atoms with Crippen LogP contribution in [0.25, 0.3) is 0 Å². The SMILES string of the molecule is CC(=O)OC(Br)CCCCl. The molecule has 0 saturated carbocycles. The van der Waals surface area contributed by atoms with Crippen molar-refractivity contribution >= 4 is 33.5 Å². The molecule has 0 aliphatic heterocycles. The Kier molecular flexibility index (Phi) is 6.13. The summed E-state index contributed by atoms with van der Waals surface area (Å²) in [7, 11) is 0. The molecule has 0 rings (SSSR count). The first-order valence-electron chi connectivity index (χ1n) is 3.04. The highest BCUT2D eigenvalue weighted by molar-refractivity contribution is 9.09. The monoisotopic (exact) mass is 228 g/mol. The van der Waals surface area contributed by atoms with Gasteiger partial charge in [-0.15, -0.1) is 11.6 Å². The first-order chi connectivity index (χ1) is 4.66. The van der Waals surface area contributed by atoms with Crippen molar-refractivity contribution in [3.8, 4) is 0 Å². The van der Waals surface area contributed by atoms with Gasteiger partial charge in [0.05, 0.1) is 0 Å². The second-order valence-corrected chi connectivity index (χ2v) is 3.25. The number of rotatable bonds is 4. The van der Waals surface area contributed by atoms with E-state index in [1.807, 2.05) is 0 Å². The average molecular weight is 230 g/mol. The summed E-state index contributed by atoms with van der Waals surface area (Å²) >= 11 is 8.60. The van der Waals surface area contributed by atoms with Crippen molar-refractivity contribution in [2.24, 2.45) is 0 Å². The molecule has 0 aromatic carbocycles. The van der Waals surface area contributed by atoms with E-state index in [0.717, 1.165) is 12.8 Å². The van der Waals surface area contributed by atoms with Crippen molar-refractivity contribution in [3.63, 3.8) is 0 Å². The standard InChI is InChI=1S/C6H10BrClO2/c1-5(9)10-6(7)3-2-4-8/h6H,2-4H2,1H3. The topological polar surface area (TPSA) is 26.3 Å². The lowest BCUT2D eigenvalue weighted by Gasteiger charge is -2.07. The number of carbonyl (C=O) groups excluding carboxylic acids is 1. The highest BCUT2D eigenvalue weighted by atomic mass is 79.9. The summed E-state index contributed by atoms with van der Waals surface area (Å²) in [6.45, 7) is 1.38. The van der Waals surface area contributed by atoms with Gasteiger partial charge in [-0.25, -0.2) is 0 Å². The number of esters is 1. The molecular formula is C6H10BrClO2. The minimum Gasteiger partial charge on any atom is -0.451 e. The molecule has 1 atom stereocenters. The van der Waals surface area contributed by atoms with Crippen LogP contribution >= 0.6 is 27.5 Å². The fraction of sp³-hybridized carbons (Fsp3) is 0.833. The molecular weight excluding hydrogens is 219 g/mol. The van der Waals surface area contributed by atoms with E-state index in [9.17, 15) is 4.79 Å². The third kappa shape index (κ3) is 6.36. The van der Waals surface area contributed by atoms with Gasteiger partial charge in [-0.3, -0.25) is 4.79 Å². The first-order valence-corrected chi connectivity index (χ1v) is 4.49. The molecule has 0 spiro atoms. The molecule has 0 saturated heterocycles. The zero-order valence-electron chi connectivity index (χ0n) is 5.77. The maximum atomic E-state index is 10.3. The van der Waals surface area contributed by atoms with E-state index in [4.69, 9.17) is 16.3 Å². The van der Waals surface area contributed by atoms with Crippen molar-refractivity contribution < 1.29 is 9.53 Å². The number of halogens is 2. The normalized spacial score (nSPS) is 12.7. The Bertz CT molecular complexity index is 108. The first kappa shape index (κ1) is 10.2. The van der Waals surface area contributed by atoms with Crippen LogP contribution in [0.5, 0.6) is 0 Å². The molecule has 2 nitrogen and oxygen atoms in total. The minimum atomic E-state index is -0.267. The van der Waals surface area contributed by atoms with E-state index in [2.05, 4.69) is 15.9 Å². The molecule has 0 amide bonds. The quantitative estimate of drug-likeness (QED) is 0.546. The zero-order chi connectivity index (χ0) is 7.98. The van der Waals surface area contributed by atoms with Crippen LogP contribution in [-0.2, 0) is 9.53 Å². The zero-order valence-corrected chi connectivity index (χ0v) is 8.11. The van der Waals surface area contributed by atoms with Gasteiger partial charge in [-0.2, -0.15) is 0 Å². The summed E-state index contributed by atoms with van der Waals surface area (Å²) in [5.41, 5.74) is 0. The highest BCUT2D eigenvalue weighted by Gasteiger charge is 2.05. The molecule has 10 heavy (non-hydrogen) atoms. The number of hydrogen-bond acceptors (Lipinski definition) is 2. The predicted molar refractivity (Wildman–Crippen MR) is 44.4 cm³/mol. The van der Waals surface area contributed by atoms with Gasteiger partial charge >= 0.3 is 5.97 Å². The maximum Gasteiger partial charge on any atom is 0.303 e. The lowest BCUT2D eigenvalue weighted by atomic mass is 10.4. The van der Waals surface area contributed by atoms with Gasteiger partial charge in [0.25, 0.3) is 0 Å². The van der Waals surface area contributed by atoms with Crippen LogP contribution in [0.1, 0.15) is 19.8 Å². The highest BCUT2D eigenvalue weighted by Crippen LogP contribution is 2.09. The molecule has 0 aliphatic rings. The fourth-order valence-electron chi connectivity index (χ4n) is 0.477. The summed E-state index contributed by atoms with van der Waals surface area (Å²) in [4.78, 5) is 10.3.